The smallest absolute Gasteiger partial charge is 0.303 e. The molecule has 0 spiro atoms. The van der Waals surface area contributed by atoms with Crippen LogP contribution in [0.5, 0.6) is 0 Å². The number of ketones is 4. The Morgan fingerprint density at radius 1 is 0.643 bits per heavy atom. The maximum absolute atomic E-state index is 12.8. The average Bonchev–Trinajstić information content (AvgIpc) is 3.16. The number of carbonyl (C=O) groups excluding carboxylic acids is 7. The number of hydrogen-bond donors (Lipinski definition) is 4. The molecule has 17 heteroatoms. The summed E-state index contributed by atoms with van der Waals surface area (Å²) in [4.78, 5) is 85.7. The Kier molecular flexibility index (Phi) is 10.2. The third kappa shape index (κ3) is 5.48. The minimum absolute atomic E-state index is 0.526. The van der Waals surface area contributed by atoms with E-state index in [1.165, 1.54) is 0 Å². The van der Waals surface area contributed by atoms with E-state index in [-0.39, 0.29) is 0 Å². The van der Waals surface area contributed by atoms with Gasteiger partial charge in [-0.25, -0.2) is 0 Å². The van der Waals surface area contributed by atoms with Gasteiger partial charge >= 0.3 is 17.9 Å². The third-order valence-electron chi connectivity index (χ3n) is 7.11. The molecule has 42 heavy (non-hydrogen) atoms. The van der Waals surface area contributed by atoms with Crippen molar-refractivity contribution in [2.24, 2.45) is 0 Å². The van der Waals surface area contributed by atoms with Gasteiger partial charge in [0.15, 0.2) is 47.2 Å². The maximum atomic E-state index is 12.8. The van der Waals surface area contributed by atoms with Crippen LogP contribution in [0.4, 0.5) is 0 Å². The van der Waals surface area contributed by atoms with Gasteiger partial charge in [0.25, 0.3) is 5.79 Å². The van der Waals surface area contributed by atoms with Gasteiger partial charge in [-0.15, -0.1) is 0 Å². The Labute approximate surface area is 238 Å². The number of ether oxygens (including phenoxy) is 6. The van der Waals surface area contributed by atoms with Crippen molar-refractivity contribution in [2.45, 2.75) is 102 Å². The highest BCUT2D eigenvalue weighted by molar-refractivity contribution is 6.08. The zero-order valence-corrected chi connectivity index (χ0v) is 23.9. The lowest BCUT2D eigenvalue weighted by Gasteiger charge is -2.59. The van der Waals surface area contributed by atoms with Crippen molar-refractivity contribution in [3.05, 3.63) is 0 Å². The van der Waals surface area contributed by atoms with E-state index in [0.717, 1.165) is 20.8 Å². The van der Waals surface area contributed by atoms with Crippen molar-refractivity contribution in [2.75, 3.05) is 13.2 Å². The molecule has 9 atom stereocenters. The van der Waals surface area contributed by atoms with Crippen LogP contribution in [0.3, 0.4) is 0 Å². The predicted molar refractivity (Wildman–Crippen MR) is 130 cm³/mol. The van der Waals surface area contributed by atoms with Crippen LogP contribution in [-0.4, -0.2) is 128 Å². The lowest BCUT2D eigenvalue weighted by Crippen LogP contribution is -2.90. The summed E-state index contributed by atoms with van der Waals surface area (Å²) in [5, 5.41) is 45.4. The summed E-state index contributed by atoms with van der Waals surface area (Å²) >= 11 is 0. The number of Topliss-reactive ketones (excluding diaryl/α,β-unsaturated/α-hetero) is 4. The third-order valence-corrected chi connectivity index (χ3v) is 7.11. The summed E-state index contributed by atoms with van der Waals surface area (Å²) in [6.07, 6.45) is -8.44. The molecule has 0 aliphatic carbocycles. The molecular weight excluding hydrogens is 572 g/mol. The molecule has 236 valence electrons. The van der Waals surface area contributed by atoms with Crippen LogP contribution in [0.1, 0.15) is 48.5 Å². The van der Waals surface area contributed by atoms with Crippen molar-refractivity contribution in [3.63, 3.8) is 0 Å². The second-order valence-electron chi connectivity index (χ2n) is 9.99. The highest BCUT2D eigenvalue weighted by atomic mass is 16.8. The Morgan fingerprint density at radius 3 is 1.55 bits per heavy atom. The first-order valence-corrected chi connectivity index (χ1v) is 12.5. The number of hydrogen-bond acceptors (Lipinski definition) is 17. The largest absolute Gasteiger partial charge is 0.463 e. The van der Waals surface area contributed by atoms with Gasteiger partial charge in [0, 0.05) is 27.7 Å². The number of aliphatic hydroxyl groups is 4. The maximum Gasteiger partial charge on any atom is 0.303 e. The summed E-state index contributed by atoms with van der Waals surface area (Å²) in [5.74, 6) is -12.5. The van der Waals surface area contributed by atoms with Gasteiger partial charge in [-0.05, 0) is 20.8 Å². The Morgan fingerprint density at radius 2 is 1.14 bits per heavy atom. The molecule has 0 aromatic heterocycles. The molecular formula is C25H34O17. The van der Waals surface area contributed by atoms with Crippen molar-refractivity contribution in [3.8, 4) is 0 Å². The van der Waals surface area contributed by atoms with Gasteiger partial charge in [-0.2, -0.15) is 0 Å². The van der Waals surface area contributed by atoms with Crippen LogP contribution in [0.25, 0.3) is 0 Å². The standard InChI is InChI=1S/C25H34O17/c1-10(26)22(33)18(42-25(36,13(4)29)24(35,12(3)28)23(22,34)11(2)27)9-38-21-20(40-16(7)32)19(39-15(6)31)17(41-21)8-37-14(5)30/h17-21,33-36H,8-9H2,1-7H3/t17-,18-,19-,20+,21-,22-,23+,24-,25+/m1/s1. The predicted octanol–water partition coefficient (Wildman–Crippen LogP) is -3.21. The number of rotatable bonds is 11. The molecule has 2 saturated heterocycles. The van der Waals surface area contributed by atoms with Gasteiger partial charge in [-0.1, -0.05) is 0 Å². The number of esters is 3. The second kappa shape index (κ2) is 12.2. The fourth-order valence-electron chi connectivity index (χ4n) is 5.11. The van der Waals surface area contributed by atoms with E-state index in [9.17, 15) is 54.0 Å². The van der Waals surface area contributed by atoms with Crippen LogP contribution in [-0.2, 0) is 62.0 Å². The van der Waals surface area contributed by atoms with E-state index in [0.29, 0.717) is 27.7 Å². The Bertz CT molecular complexity index is 1170. The summed E-state index contributed by atoms with van der Waals surface area (Å²) in [6.45, 7) is 3.82. The fraction of sp³-hybridized carbons (Fsp3) is 0.720. The SMILES string of the molecule is CC(=O)OC[C@H]1O[C@@H](OC[C@H]2O[C@@](O)(C(C)=O)[C@@](O)(C(C)=O)[C@](O)(C(C)=O)[C@@]2(O)C(C)=O)[C@@H](OC(C)=O)[C@@H]1OC(C)=O. The second-order valence-corrected chi connectivity index (χ2v) is 9.99. The molecule has 0 unspecified atom stereocenters. The minimum Gasteiger partial charge on any atom is -0.463 e. The Hall–Kier alpha value is -3.19. The Balaban J connectivity index is 2.62. The first-order chi connectivity index (χ1) is 19.1. The van der Waals surface area contributed by atoms with Crippen LogP contribution < -0.4 is 0 Å². The molecule has 2 rings (SSSR count). The molecule has 17 nitrogen and oxygen atoms in total. The number of carbonyl (C=O) groups is 7. The molecule has 0 aromatic rings. The van der Waals surface area contributed by atoms with E-state index in [1.807, 2.05) is 0 Å². The summed E-state index contributed by atoms with van der Waals surface area (Å²) in [5.41, 5.74) is -11.3. The fourth-order valence-corrected chi connectivity index (χ4v) is 5.11. The van der Waals surface area contributed by atoms with Crippen LogP contribution in [0.15, 0.2) is 0 Å². The van der Waals surface area contributed by atoms with Gasteiger partial charge in [0.2, 0.25) is 11.2 Å². The van der Waals surface area contributed by atoms with Crippen LogP contribution >= 0.6 is 0 Å². The van der Waals surface area contributed by atoms with Gasteiger partial charge in [-0.3, -0.25) is 33.6 Å². The normalized spacial score (nSPS) is 37.8. The van der Waals surface area contributed by atoms with Crippen molar-refractivity contribution in [1.29, 1.82) is 0 Å². The van der Waals surface area contributed by atoms with E-state index in [1.54, 1.807) is 0 Å². The molecule has 0 bridgehead atoms. The first-order valence-electron chi connectivity index (χ1n) is 12.5. The zero-order chi connectivity index (χ0) is 32.6. The van der Waals surface area contributed by atoms with E-state index >= 15 is 0 Å². The summed E-state index contributed by atoms with van der Waals surface area (Å²) < 4.78 is 31.6. The molecule has 2 aliphatic rings. The minimum atomic E-state index is -3.89. The van der Waals surface area contributed by atoms with Crippen molar-refractivity contribution in [1.82, 2.24) is 0 Å². The van der Waals surface area contributed by atoms with Crippen molar-refractivity contribution >= 4 is 41.0 Å². The first kappa shape index (κ1) is 35.0. The lowest BCUT2D eigenvalue weighted by molar-refractivity contribution is -0.394. The molecule has 0 amide bonds. The topological polar surface area (TPSA) is 256 Å². The molecule has 0 aromatic carbocycles. The lowest BCUT2D eigenvalue weighted by atomic mass is 9.57. The molecule has 4 N–H and O–H groups in total. The quantitative estimate of drug-likeness (QED) is 0.133. The molecule has 2 aliphatic heterocycles. The average molecular weight is 607 g/mol. The zero-order valence-electron chi connectivity index (χ0n) is 23.9. The van der Waals surface area contributed by atoms with Gasteiger partial charge < -0.3 is 48.8 Å². The highest BCUT2D eigenvalue weighted by Crippen LogP contribution is 2.51. The molecule has 2 heterocycles. The van der Waals surface area contributed by atoms with Crippen LogP contribution in [0.2, 0.25) is 0 Å². The summed E-state index contributed by atoms with van der Waals surface area (Å²) in [7, 11) is 0. The summed E-state index contributed by atoms with van der Waals surface area (Å²) in [6, 6.07) is 0. The monoisotopic (exact) mass is 606 g/mol. The van der Waals surface area contributed by atoms with Gasteiger partial charge in [0.1, 0.15) is 18.8 Å². The van der Waals surface area contributed by atoms with E-state index in [4.69, 9.17) is 28.4 Å². The van der Waals surface area contributed by atoms with E-state index < -0.39 is 108 Å². The molecule has 0 saturated carbocycles. The molecule has 0 radical (unpaired) electrons. The molecule has 2 fully saturated rings. The van der Waals surface area contributed by atoms with Crippen molar-refractivity contribution < 1.29 is 82.4 Å². The highest BCUT2D eigenvalue weighted by Gasteiger charge is 2.84. The van der Waals surface area contributed by atoms with E-state index in [2.05, 4.69) is 0 Å². The van der Waals surface area contributed by atoms with Crippen LogP contribution in [0, 0.1) is 0 Å². The van der Waals surface area contributed by atoms with Gasteiger partial charge in [0.05, 0.1) is 6.61 Å².